The van der Waals surface area contributed by atoms with E-state index in [1.807, 2.05) is 0 Å². The minimum atomic E-state index is -0.747. The highest BCUT2D eigenvalue weighted by Crippen LogP contribution is 2.25. The zero-order valence-corrected chi connectivity index (χ0v) is 13.6. The number of β-amino-alcohol motifs (C(OH)–C–C–N with tert-alkyl or cyclic N) is 1. The second kappa shape index (κ2) is 7.74. The predicted molar refractivity (Wildman–Crippen MR) is 78.2 cm³/mol. The van der Waals surface area contributed by atoms with Gasteiger partial charge in [0.2, 0.25) is 0 Å². The Morgan fingerprint density at radius 1 is 1.38 bits per heavy atom. The maximum absolute atomic E-state index is 11.9. The summed E-state index contributed by atoms with van der Waals surface area (Å²) in [6.07, 6.45) is -1.24. The number of ether oxygens (including phenoxy) is 3. The first-order chi connectivity index (χ1) is 9.73. The largest absolute Gasteiger partial charge is 0.508 e. The van der Waals surface area contributed by atoms with E-state index in [2.05, 4.69) is 4.74 Å². The van der Waals surface area contributed by atoms with Crippen molar-refractivity contribution in [1.82, 2.24) is 4.90 Å². The second-order valence-corrected chi connectivity index (χ2v) is 6.88. The van der Waals surface area contributed by atoms with Crippen LogP contribution >= 0.6 is 11.8 Å². The number of amides is 1. The van der Waals surface area contributed by atoms with Crippen LogP contribution in [0.3, 0.4) is 0 Å². The van der Waals surface area contributed by atoms with Gasteiger partial charge in [0.05, 0.1) is 19.8 Å². The van der Waals surface area contributed by atoms with E-state index in [1.54, 1.807) is 20.8 Å². The standard InChI is InChI=1S/C13H23NO6S/c1-13(2,3)20-11(16)14-6-5-10(9(15)7-14)21-8-19-12(17)18-4/h9-10,15H,5-8H2,1-4H3. The van der Waals surface area contributed by atoms with Gasteiger partial charge in [0, 0.05) is 11.8 Å². The lowest BCUT2D eigenvalue weighted by Gasteiger charge is -2.36. The summed E-state index contributed by atoms with van der Waals surface area (Å²) < 4.78 is 14.4. The first-order valence-electron chi connectivity index (χ1n) is 6.71. The van der Waals surface area contributed by atoms with Gasteiger partial charge in [0.1, 0.15) is 11.5 Å². The summed E-state index contributed by atoms with van der Waals surface area (Å²) in [5.74, 6) is 0.112. The fourth-order valence-corrected chi connectivity index (χ4v) is 2.74. The molecule has 0 bridgehead atoms. The van der Waals surface area contributed by atoms with Crippen molar-refractivity contribution in [3.63, 3.8) is 0 Å². The highest BCUT2D eigenvalue weighted by molar-refractivity contribution is 7.99. The molecule has 0 aliphatic carbocycles. The van der Waals surface area contributed by atoms with Crippen molar-refractivity contribution in [2.24, 2.45) is 0 Å². The average Bonchev–Trinajstić information content (AvgIpc) is 2.38. The molecule has 2 unspecified atom stereocenters. The van der Waals surface area contributed by atoms with Gasteiger partial charge in [0.15, 0.2) is 0 Å². The highest BCUT2D eigenvalue weighted by Gasteiger charge is 2.32. The maximum atomic E-state index is 11.9. The van der Waals surface area contributed by atoms with E-state index in [4.69, 9.17) is 9.47 Å². The Morgan fingerprint density at radius 3 is 2.57 bits per heavy atom. The van der Waals surface area contributed by atoms with Crippen LogP contribution in [0.4, 0.5) is 9.59 Å². The monoisotopic (exact) mass is 321 g/mol. The smallest absolute Gasteiger partial charge is 0.444 e. The van der Waals surface area contributed by atoms with Crippen LogP contribution in [0, 0.1) is 0 Å². The minimum absolute atomic E-state index is 0.0895. The molecule has 1 saturated heterocycles. The molecule has 1 aliphatic heterocycles. The van der Waals surface area contributed by atoms with Crippen molar-refractivity contribution < 1.29 is 28.9 Å². The van der Waals surface area contributed by atoms with Gasteiger partial charge in [-0.05, 0) is 27.2 Å². The first-order valence-corrected chi connectivity index (χ1v) is 7.76. The van der Waals surface area contributed by atoms with Gasteiger partial charge in [-0.1, -0.05) is 0 Å². The number of aliphatic hydroxyl groups excluding tert-OH is 1. The van der Waals surface area contributed by atoms with Gasteiger partial charge >= 0.3 is 12.2 Å². The van der Waals surface area contributed by atoms with Crippen LogP contribution in [-0.2, 0) is 14.2 Å². The maximum Gasteiger partial charge on any atom is 0.508 e. The molecule has 0 aromatic rings. The third kappa shape index (κ3) is 6.43. The summed E-state index contributed by atoms with van der Waals surface area (Å²) in [6.45, 7) is 6.11. The summed E-state index contributed by atoms with van der Waals surface area (Å²) >= 11 is 1.32. The highest BCUT2D eigenvalue weighted by atomic mass is 32.2. The molecular weight excluding hydrogens is 298 g/mol. The molecule has 7 nitrogen and oxygen atoms in total. The minimum Gasteiger partial charge on any atom is -0.444 e. The average molecular weight is 321 g/mol. The lowest BCUT2D eigenvalue weighted by molar-refractivity contribution is 0.00530. The first kappa shape index (κ1) is 17.9. The molecule has 0 aromatic heterocycles. The molecule has 0 spiro atoms. The van der Waals surface area contributed by atoms with Gasteiger partial charge in [-0.3, -0.25) is 0 Å². The van der Waals surface area contributed by atoms with Crippen molar-refractivity contribution in [2.45, 2.75) is 44.1 Å². The topological polar surface area (TPSA) is 85.3 Å². The van der Waals surface area contributed by atoms with Crippen molar-refractivity contribution >= 4 is 24.0 Å². The zero-order valence-electron chi connectivity index (χ0n) is 12.8. The molecule has 1 rings (SSSR count). The lowest BCUT2D eigenvalue weighted by Crippen LogP contribution is -2.49. The van der Waals surface area contributed by atoms with Crippen LogP contribution in [0.15, 0.2) is 0 Å². The number of nitrogens with zero attached hydrogens (tertiary/aromatic N) is 1. The van der Waals surface area contributed by atoms with Crippen LogP contribution in [0.25, 0.3) is 0 Å². The number of carbonyl (C=O) groups is 2. The van der Waals surface area contributed by atoms with Crippen LogP contribution < -0.4 is 0 Å². The Hall–Kier alpha value is -1.15. The number of piperidine rings is 1. The third-order valence-corrected chi connectivity index (χ3v) is 4.03. The molecule has 1 aliphatic rings. The van der Waals surface area contributed by atoms with Gasteiger partial charge in [-0.2, -0.15) is 0 Å². The van der Waals surface area contributed by atoms with E-state index in [0.29, 0.717) is 13.0 Å². The Bertz CT molecular complexity index is 370. The predicted octanol–water partition coefficient (Wildman–Crippen LogP) is 1.83. The Balaban J connectivity index is 2.36. The van der Waals surface area contributed by atoms with E-state index in [9.17, 15) is 14.7 Å². The normalized spacial score (nSPS) is 22.6. The third-order valence-electron chi connectivity index (χ3n) is 2.80. The van der Waals surface area contributed by atoms with Crippen molar-refractivity contribution in [2.75, 3.05) is 26.1 Å². The molecule has 1 heterocycles. The summed E-state index contributed by atoms with van der Waals surface area (Å²) in [6, 6.07) is 0. The van der Waals surface area contributed by atoms with Gasteiger partial charge < -0.3 is 24.2 Å². The quantitative estimate of drug-likeness (QED) is 0.627. The summed E-state index contributed by atoms with van der Waals surface area (Å²) in [7, 11) is 1.24. The SMILES string of the molecule is COC(=O)OCSC1CCN(C(=O)OC(C)(C)C)CC1O. The number of hydrogen-bond acceptors (Lipinski definition) is 7. The summed E-state index contributed by atoms with van der Waals surface area (Å²) in [4.78, 5) is 24.2. The van der Waals surface area contributed by atoms with E-state index < -0.39 is 24.0 Å². The Labute approximate surface area is 128 Å². The summed E-state index contributed by atoms with van der Waals surface area (Å²) in [5.41, 5.74) is -0.554. The van der Waals surface area contributed by atoms with Crippen molar-refractivity contribution in [3.8, 4) is 0 Å². The fourth-order valence-electron chi connectivity index (χ4n) is 1.83. The number of thioether (sulfide) groups is 1. The van der Waals surface area contributed by atoms with E-state index in [-0.39, 0.29) is 17.7 Å². The number of rotatable bonds is 3. The zero-order chi connectivity index (χ0) is 16.0. The van der Waals surface area contributed by atoms with Gasteiger partial charge in [-0.25, -0.2) is 9.59 Å². The van der Waals surface area contributed by atoms with Crippen molar-refractivity contribution in [1.29, 1.82) is 0 Å². The van der Waals surface area contributed by atoms with Crippen LogP contribution in [0.2, 0.25) is 0 Å². The second-order valence-electron chi connectivity index (χ2n) is 5.70. The molecular formula is C13H23NO6S. The van der Waals surface area contributed by atoms with Gasteiger partial charge in [-0.15, -0.1) is 11.8 Å². The molecule has 0 aromatic carbocycles. The number of aliphatic hydroxyl groups is 1. The summed E-state index contributed by atoms with van der Waals surface area (Å²) in [5, 5.41) is 9.98. The molecule has 0 radical (unpaired) electrons. The molecule has 1 N–H and O–H groups in total. The lowest BCUT2D eigenvalue weighted by atomic mass is 10.1. The van der Waals surface area contributed by atoms with E-state index >= 15 is 0 Å². The molecule has 1 amide bonds. The molecule has 122 valence electrons. The molecule has 2 atom stereocenters. The molecule has 0 saturated carbocycles. The molecule has 1 fully saturated rings. The van der Waals surface area contributed by atoms with Crippen LogP contribution in [-0.4, -0.2) is 65.3 Å². The fraction of sp³-hybridized carbons (Fsp3) is 0.846. The van der Waals surface area contributed by atoms with Crippen LogP contribution in [0.1, 0.15) is 27.2 Å². The van der Waals surface area contributed by atoms with E-state index in [1.165, 1.54) is 23.8 Å². The number of methoxy groups -OCH3 is 1. The Morgan fingerprint density at radius 2 is 2.05 bits per heavy atom. The number of hydrogen-bond donors (Lipinski definition) is 1. The van der Waals surface area contributed by atoms with Gasteiger partial charge in [0.25, 0.3) is 0 Å². The van der Waals surface area contributed by atoms with Crippen molar-refractivity contribution in [3.05, 3.63) is 0 Å². The Kier molecular flexibility index (Phi) is 6.60. The number of carbonyl (C=O) groups excluding carboxylic acids is 2. The van der Waals surface area contributed by atoms with Crippen LogP contribution in [0.5, 0.6) is 0 Å². The number of likely N-dealkylation sites (tertiary alicyclic amines) is 1. The molecule has 21 heavy (non-hydrogen) atoms. The molecule has 8 heteroatoms. The van der Waals surface area contributed by atoms with E-state index in [0.717, 1.165) is 0 Å².